The standard InChI is InChI=1S/C52H33N5O/c1-32-31-36(29-30-37(32)52-54-50(33-17-5-2-6-18-33)53-51(55-52)34-19-7-3-8-20-34)57-42-27-15-12-24-39(42)45-47(57)44-38-23-11-14-26-41(38)56(35-21-9-4-10-22-35)48(44)46-40-25-13-16-28-43(40)58-49(45)46/h2-31H,1H3. The van der Waals surface area contributed by atoms with E-state index in [1.807, 2.05) is 60.7 Å². The van der Waals surface area contributed by atoms with Crippen molar-refractivity contribution in [2.24, 2.45) is 0 Å². The van der Waals surface area contributed by atoms with Gasteiger partial charge in [0, 0.05) is 49.6 Å². The molecule has 272 valence electrons. The fraction of sp³-hybridized carbons (Fsp3) is 0.0192. The summed E-state index contributed by atoms with van der Waals surface area (Å²) in [5, 5.41) is 6.82. The van der Waals surface area contributed by atoms with E-state index in [-0.39, 0.29) is 0 Å². The predicted octanol–water partition coefficient (Wildman–Crippen LogP) is 13.3. The molecular weight excluding hydrogens is 711 g/mol. The summed E-state index contributed by atoms with van der Waals surface area (Å²) in [6.45, 7) is 2.15. The molecule has 0 N–H and O–H groups in total. The molecule has 0 amide bonds. The summed E-state index contributed by atoms with van der Waals surface area (Å²) in [7, 11) is 0. The first-order chi connectivity index (χ1) is 28.7. The van der Waals surface area contributed by atoms with Gasteiger partial charge in [-0.15, -0.1) is 0 Å². The Morgan fingerprint density at radius 2 is 0.897 bits per heavy atom. The van der Waals surface area contributed by atoms with Gasteiger partial charge in [-0.25, -0.2) is 15.0 Å². The van der Waals surface area contributed by atoms with Gasteiger partial charge in [-0.3, -0.25) is 0 Å². The number of benzene rings is 8. The maximum absolute atomic E-state index is 6.96. The first kappa shape index (κ1) is 32.4. The second kappa shape index (κ2) is 12.6. The van der Waals surface area contributed by atoms with Gasteiger partial charge in [-0.1, -0.05) is 133 Å². The molecule has 12 rings (SSSR count). The minimum absolute atomic E-state index is 0.635. The van der Waals surface area contributed by atoms with Crippen LogP contribution in [0.2, 0.25) is 0 Å². The van der Waals surface area contributed by atoms with Crippen LogP contribution in [0.15, 0.2) is 186 Å². The average molecular weight is 744 g/mol. The molecule has 4 heterocycles. The first-order valence-corrected chi connectivity index (χ1v) is 19.5. The molecule has 0 aliphatic carbocycles. The molecule has 6 heteroatoms. The Labute approximate surface area is 332 Å². The number of fused-ring (bicyclic) bond motifs is 12. The van der Waals surface area contributed by atoms with Crippen molar-refractivity contribution in [1.82, 2.24) is 24.1 Å². The van der Waals surface area contributed by atoms with Gasteiger partial charge in [-0.05, 0) is 61.0 Å². The van der Waals surface area contributed by atoms with Gasteiger partial charge in [0.15, 0.2) is 17.5 Å². The van der Waals surface area contributed by atoms with Crippen LogP contribution in [0.1, 0.15) is 5.56 Å². The lowest BCUT2D eigenvalue weighted by atomic mass is 10.0. The summed E-state index contributed by atoms with van der Waals surface area (Å²) in [6.07, 6.45) is 0. The molecule has 0 unspecified atom stereocenters. The maximum Gasteiger partial charge on any atom is 0.164 e. The van der Waals surface area contributed by atoms with Crippen LogP contribution in [0.25, 0.3) is 111 Å². The molecule has 6 nitrogen and oxygen atoms in total. The molecule has 0 aliphatic rings. The topological polar surface area (TPSA) is 61.7 Å². The maximum atomic E-state index is 6.96. The lowest BCUT2D eigenvalue weighted by Crippen LogP contribution is -2.02. The van der Waals surface area contributed by atoms with Crippen LogP contribution in [0, 0.1) is 6.92 Å². The third kappa shape index (κ3) is 4.75. The van der Waals surface area contributed by atoms with Crippen LogP contribution < -0.4 is 0 Å². The van der Waals surface area contributed by atoms with E-state index in [2.05, 4.69) is 137 Å². The van der Waals surface area contributed by atoms with E-state index in [1.54, 1.807) is 0 Å². The molecular formula is C52H33N5O. The van der Waals surface area contributed by atoms with Crippen molar-refractivity contribution in [3.8, 4) is 45.5 Å². The van der Waals surface area contributed by atoms with Gasteiger partial charge < -0.3 is 13.6 Å². The molecule has 0 saturated carbocycles. The normalized spacial score (nSPS) is 11.9. The molecule has 0 saturated heterocycles. The number of aryl methyl sites for hydroxylation is 1. The van der Waals surface area contributed by atoms with E-state index < -0.39 is 0 Å². The van der Waals surface area contributed by atoms with Crippen molar-refractivity contribution in [2.75, 3.05) is 0 Å². The van der Waals surface area contributed by atoms with E-state index in [0.29, 0.717) is 17.5 Å². The highest BCUT2D eigenvalue weighted by atomic mass is 16.3. The second-order valence-corrected chi connectivity index (χ2v) is 14.8. The van der Waals surface area contributed by atoms with Gasteiger partial charge in [0.05, 0.1) is 32.8 Å². The number of hydrogen-bond acceptors (Lipinski definition) is 4. The minimum atomic E-state index is 0.635. The van der Waals surface area contributed by atoms with Gasteiger partial charge in [0.25, 0.3) is 0 Å². The van der Waals surface area contributed by atoms with Crippen molar-refractivity contribution in [3.63, 3.8) is 0 Å². The zero-order valence-electron chi connectivity index (χ0n) is 31.5. The number of aromatic nitrogens is 5. The first-order valence-electron chi connectivity index (χ1n) is 19.5. The Hall–Kier alpha value is -7.83. The predicted molar refractivity (Wildman–Crippen MR) is 237 cm³/mol. The smallest absolute Gasteiger partial charge is 0.164 e. The van der Waals surface area contributed by atoms with Crippen molar-refractivity contribution < 1.29 is 4.42 Å². The number of furan rings is 1. The Balaban J connectivity index is 1.18. The molecule has 0 spiro atoms. The number of nitrogens with zero attached hydrogens (tertiary/aromatic N) is 5. The highest BCUT2D eigenvalue weighted by molar-refractivity contribution is 6.39. The summed E-state index contributed by atoms with van der Waals surface area (Å²) in [4.78, 5) is 15.1. The van der Waals surface area contributed by atoms with E-state index in [0.717, 1.165) is 88.4 Å². The molecule has 12 aromatic rings. The highest BCUT2D eigenvalue weighted by Crippen LogP contribution is 2.49. The van der Waals surface area contributed by atoms with Crippen LogP contribution in [-0.2, 0) is 0 Å². The van der Waals surface area contributed by atoms with Crippen molar-refractivity contribution >= 4 is 65.6 Å². The fourth-order valence-electron chi connectivity index (χ4n) is 8.96. The monoisotopic (exact) mass is 743 g/mol. The molecule has 0 atom stereocenters. The van der Waals surface area contributed by atoms with E-state index in [1.165, 1.54) is 10.8 Å². The number of hydrogen-bond donors (Lipinski definition) is 0. The largest absolute Gasteiger partial charge is 0.455 e. The van der Waals surface area contributed by atoms with Crippen molar-refractivity contribution in [1.29, 1.82) is 0 Å². The zero-order valence-corrected chi connectivity index (χ0v) is 31.5. The lowest BCUT2D eigenvalue weighted by Gasteiger charge is -2.14. The van der Waals surface area contributed by atoms with E-state index in [4.69, 9.17) is 19.4 Å². The van der Waals surface area contributed by atoms with E-state index >= 15 is 0 Å². The zero-order chi connectivity index (χ0) is 38.3. The summed E-state index contributed by atoms with van der Waals surface area (Å²) in [5.74, 6) is 1.92. The van der Waals surface area contributed by atoms with Crippen LogP contribution >= 0.6 is 0 Å². The summed E-state index contributed by atoms with van der Waals surface area (Å²) in [6, 6.07) is 63.4. The molecule has 4 aromatic heterocycles. The summed E-state index contributed by atoms with van der Waals surface area (Å²) in [5.41, 5.74) is 12.3. The number of para-hydroxylation sites is 4. The molecule has 58 heavy (non-hydrogen) atoms. The second-order valence-electron chi connectivity index (χ2n) is 14.8. The Kier molecular flexibility index (Phi) is 7.04. The summed E-state index contributed by atoms with van der Waals surface area (Å²) < 4.78 is 11.8. The average Bonchev–Trinajstić information content (AvgIpc) is 3.95. The van der Waals surface area contributed by atoms with Crippen LogP contribution in [-0.4, -0.2) is 24.1 Å². The van der Waals surface area contributed by atoms with Crippen LogP contribution in [0.5, 0.6) is 0 Å². The Morgan fingerprint density at radius 3 is 1.52 bits per heavy atom. The number of rotatable bonds is 5. The third-order valence-corrected chi connectivity index (χ3v) is 11.5. The quantitative estimate of drug-likeness (QED) is 0.176. The van der Waals surface area contributed by atoms with Gasteiger partial charge >= 0.3 is 0 Å². The van der Waals surface area contributed by atoms with Gasteiger partial charge in [0.1, 0.15) is 11.2 Å². The molecule has 0 bridgehead atoms. The Bertz CT molecular complexity index is 3510. The minimum Gasteiger partial charge on any atom is -0.455 e. The van der Waals surface area contributed by atoms with E-state index in [9.17, 15) is 0 Å². The van der Waals surface area contributed by atoms with Crippen LogP contribution in [0.4, 0.5) is 0 Å². The van der Waals surface area contributed by atoms with Gasteiger partial charge in [0.2, 0.25) is 0 Å². The molecule has 8 aromatic carbocycles. The van der Waals surface area contributed by atoms with Crippen LogP contribution in [0.3, 0.4) is 0 Å². The SMILES string of the molecule is Cc1cc(-n2c3ccccc3c3c4oc5ccccc5c4c4c(c5ccccc5n4-c4ccccc4)c32)ccc1-c1nc(-c2ccccc2)nc(-c2ccccc2)n1. The molecule has 0 fully saturated rings. The molecule has 0 aliphatic heterocycles. The van der Waals surface area contributed by atoms with Gasteiger partial charge in [-0.2, -0.15) is 0 Å². The Morgan fingerprint density at radius 1 is 0.414 bits per heavy atom. The molecule has 0 radical (unpaired) electrons. The summed E-state index contributed by atoms with van der Waals surface area (Å²) >= 11 is 0. The van der Waals surface area contributed by atoms with Crippen molar-refractivity contribution in [2.45, 2.75) is 6.92 Å². The van der Waals surface area contributed by atoms with Crippen molar-refractivity contribution in [3.05, 3.63) is 188 Å². The highest BCUT2D eigenvalue weighted by Gasteiger charge is 2.28. The lowest BCUT2D eigenvalue weighted by molar-refractivity contribution is 0.673. The fourth-order valence-corrected chi connectivity index (χ4v) is 8.96. The third-order valence-electron chi connectivity index (χ3n) is 11.5.